The molecule has 0 aliphatic rings. The molecule has 0 atom stereocenters. The highest BCUT2D eigenvalue weighted by Crippen LogP contribution is 2.26. The average molecular weight is 204 g/mol. The van der Waals surface area contributed by atoms with E-state index in [1.165, 1.54) is 22.5 Å². The molecule has 0 saturated heterocycles. The van der Waals surface area contributed by atoms with Crippen LogP contribution in [0.4, 0.5) is 5.13 Å². The number of benzene rings is 1. The van der Waals surface area contributed by atoms with Crippen LogP contribution in [-0.2, 0) is 6.42 Å². The van der Waals surface area contributed by atoms with Gasteiger partial charge in [0.2, 0.25) is 0 Å². The molecule has 1 heterocycles. The Labute approximate surface area is 87.4 Å². The standard InChI is InChI=1S/C11H12N2S/c1-2-8-5-3-4-6-9(8)10-7-14-11(12)13-10/h3-7H,2H2,1H3,(H2,12,13). The van der Waals surface area contributed by atoms with E-state index in [9.17, 15) is 0 Å². The van der Waals surface area contributed by atoms with Gasteiger partial charge in [-0.3, -0.25) is 0 Å². The first-order valence-corrected chi connectivity index (χ1v) is 5.48. The quantitative estimate of drug-likeness (QED) is 0.816. The van der Waals surface area contributed by atoms with Crippen LogP contribution in [0.5, 0.6) is 0 Å². The Morgan fingerprint density at radius 3 is 2.79 bits per heavy atom. The van der Waals surface area contributed by atoms with Crippen LogP contribution in [0, 0.1) is 0 Å². The Kier molecular flexibility index (Phi) is 2.50. The van der Waals surface area contributed by atoms with Crippen molar-refractivity contribution in [3.8, 4) is 11.3 Å². The van der Waals surface area contributed by atoms with Crippen LogP contribution in [0.1, 0.15) is 12.5 Å². The molecule has 2 N–H and O–H groups in total. The monoisotopic (exact) mass is 204 g/mol. The summed E-state index contributed by atoms with van der Waals surface area (Å²) in [6.45, 7) is 2.15. The van der Waals surface area contributed by atoms with Gasteiger partial charge in [-0.25, -0.2) is 4.98 Å². The molecule has 0 aliphatic carbocycles. The zero-order valence-corrected chi connectivity index (χ0v) is 8.84. The van der Waals surface area contributed by atoms with Crippen molar-refractivity contribution in [3.63, 3.8) is 0 Å². The van der Waals surface area contributed by atoms with E-state index in [1.807, 2.05) is 11.4 Å². The Morgan fingerprint density at radius 1 is 1.36 bits per heavy atom. The van der Waals surface area contributed by atoms with Crippen molar-refractivity contribution in [1.29, 1.82) is 0 Å². The van der Waals surface area contributed by atoms with Crippen LogP contribution in [0.2, 0.25) is 0 Å². The molecule has 0 spiro atoms. The lowest BCUT2D eigenvalue weighted by molar-refractivity contribution is 1.14. The zero-order chi connectivity index (χ0) is 9.97. The number of hydrogen-bond acceptors (Lipinski definition) is 3. The fourth-order valence-electron chi connectivity index (χ4n) is 1.49. The van der Waals surface area contributed by atoms with Gasteiger partial charge in [0.25, 0.3) is 0 Å². The maximum atomic E-state index is 5.61. The van der Waals surface area contributed by atoms with Crippen molar-refractivity contribution in [2.75, 3.05) is 5.73 Å². The first-order chi connectivity index (χ1) is 6.81. The molecule has 0 unspecified atom stereocenters. The molecule has 2 nitrogen and oxygen atoms in total. The summed E-state index contributed by atoms with van der Waals surface area (Å²) in [5, 5.41) is 2.63. The Balaban J connectivity index is 2.50. The first kappa shape index (κ1) is 9.21. The van der Waals surface area contributed by atoms with Gasteiger partial charge in [-0.15, -0.1) is 11.3 Å². The highest BCUT2D eigenvalue weighted by molar-refractivity contribution is 7.13. The first-order valence-electron chi connectivity index (χ1n) is 4.60. The number of aryl methyl sites for hydroxylation is 1. The third-order valence-electron chi connectivity index (χ3n) is 2.20. The summed E-state index contributed by atoms with van der Waals surface area (Å²) in [4.78, 5) is 4.29. The van der Waals surface area contributed by atoms with Gasteiger partial charge in [-0.05, 0) is 12.0 Å². The molecule has 0 fully saturated rings. The summed E-state index contributed by atoms with van der Waals surface area (Å²) < 4.78 is 0. The van der Waals surface area contributed by atoms with E-state index < -0.39 is 0 Å². The molecule has 14 heavy (non-hydrogen) atoms. The van der Waals surface area contributed by atoms with Crippen LogP contribution in [0.15, 0.2) is 29.6 Å². The number of hydrogen-bond donors (Lipinski definition) is 1. The third-order valence-corrected chi connectivity index (χ3v) is 2.87. The van der Waals surface area contributed by atoms with Gasteiger partial charge in [0.05, 0.1) is 5.69 Å². The number of aromatic nitrogens is 1. The second-order valence-corrected chi connectivity index (χ2v) is 3.97. The van der Waals surface area contributed by atoms with Crippen molar-refractivity contribution in [2.45, 2.75) is 13.3 Å². The van der Waals surface area contributed by atoms with Gasteiger partial charge >= 0.3 is 0 Å². The van der Waals surface area contributed by atoms with Gasteiger partial charge < -0.3 is 5.73 Å². The number of nitrogens with two attached hydrogens (primary N) is 1. The number of thiazole rings is 1. The molecule has 2 aromatic rings. The summed E-state index contributed by atoms with van der Waals surface area (Å²) in [7, 11) is 0. The molecule has 0 bridgehead atoms. The number of rotatable bonds is 2. The Bertz CT molecular complexity index is 434. The van der Waals surface area contributed by atoms with E-state index in [4.69, 9.17) is 5.73 Å². The van der Waals surface area contributed by atoms with Gasteiger partial charge in [-0.2, -0.15) is 0 Å². The third kappa shape index (κ3) is 1.63. The van der Waals surface area contributed by atoms with Crippen molar-refractivity contribution in [2.24, 2.45) is 0 Å². The molecule has 2 rings (SSSR count). The van der Waals surface area contributed by atoms with Crippen LogP contribution in [-0.4, -0.2) is 4.98 Å². The minimum atomic E-state index is 0.630. The minimum Gasteiger partial charge on any atom is -0.375 e. The van der Waals surface area contributed by atoms with Crippen LogP contribution < -0.4 is 5.73 Å². The van der Waals surface area contributed by atoms with Crippen LogP contribution in [0.3, 0.4) is 0 Å². The predicted octanol–water partition coefficient (Wildman–Crippen LogP) is 2.95. The van der Waals surface area contributed by atoms with Gasteiger partial charge in [0.15, 0.2) is 5.13 Å². The van der Waals surface area contributed by atoms with E-state index >= 15 is 0 Å². The molecule has 0 amide bonds. The maximum absolute atomic E-state index is 5.61. The lowest BCUT2D eigenvalue weighted by atomic mass is 10.0. The van der Waals surface area contributed by atoms with Gasteiger partial charge in [0, 0.05) is 10.9 Å². The number of nitrogens with zero attached hydrogens (tertiary/aromatic N) is 1. The Hall–Kier alpha value is -1.35. The smallest absolute Gasteiger partial charge is 0.180 e. The molecule has 1 aromatic carbocycles. The SMILES string of the molecule is CCc1ccccc1-c1csc(N)n1. The maximum Gasteiger partial charge on any atom is 0.180 e. The van der Waals surface area contributed by atoms with E-state index in [0.29, 0.717) is 5.13 Å². The van der Waals surface area contributed by atoms with Crippen molar-refractivity contribution in [3.05, 3.63) is 35.2 Å². The summed E-state index contributed by atoms with van der Waals surface area (Å²) in [5.41, 5.74) is 9.12. The minimum absolute atomic E-state index is 0.630. The van der Waals surface area contributed by atoms with E-state index in [2.05, 4.69) is 30.1 Å². The van der Waals surface area contributed by atoms with Crippen molar-refractivity contribution < 1.29 is 0 Å². The molecule has 0 saturated carbocycles. The molecule has 0 aliphatic heterocycles. The van der Waals surface area contributed by atoms with Crippen molar-refractivity contribution in [1.82, 2.24) is 4.98 Å². The number of nitrogen functional groups attached to an aromatic ring is 1. The normalized spacial score (nSPS) is 10.4. The largest absolute Gasteiger partial charge is 0.375 e. The van der Waals surface area contributed by atoms with E-state index in [1.54, 1.807) is 0 Å². The Morgan fingerprint density at radius 2 is 2.14 bits per heavy atom. The van der Waals surface area contributed by atoms with Gasteiger partial charge in [-0.1, -0.05) is 31.2 Å². The second kappa shape index (κ2) is 3.80. The highest BCUT2D eigenvalue weighted by atomic mass is 32.1. The fraction of sp³-hybridized carbons (Fsp3) is 0.182. The highest BCUT2D eigenvalue weighted by Gasteiger charge is 2.05. The van der Waals surface area contributed by atoms with Crippen molar-refractivity contribution >= 4 is 16.5 Å². The lowest BCUT2D eigenvalue weighted by Gasteiger charge is -2.03. The summed E-state index contributed by atoms with van der Waals surface area (Å²) in [6, 6.07) is 8.31. The summed E-state index contributed by atoms with van der Waals surface area (Å²) in [5.74, 6) is 0. The second-order valence-electron chi connectivity index (χ2n) is 3.08. The average Bonchev–Trinajstić information content (AvgIpc) is 2.65. The molecule has 0 radical (unpaired) electrons. The van der Waals surface area contributed by atoms with E-state index in [0.717, 1.165) is 12.1 Å². The summed E-state index contributed by atoms with van der Waals surface area (Å²) >= 11 is 1.49. The van der Waals surface area contributed by atoms with Crippen LogP contribution >= 0.6 is 11.3 Å². The topological polar surface area (TPSA) is 38.9 Å². The zero-order valence-electron chi connectivity index (χ0n) is 8.03. The molecular formula is C11H12N2S. The van der Waals surface area contributed by atoms with E-state index in [-0.39, 0.29) is 0 Å². The molecule has 72 valence electrons. The van der Waals surface area contributed by atoms with Crippen LogP contribution in [0.25, 0.3) is 11.3 Å². The van der Waals surface area contributed by atoms with Gasteiger partial charge in [0.1, 0.15) is 0 Å². The summed E-state index contributed by atoms with van der Waals surface area (Å²) in [6.07, 6.45) is 1.02. The lowest BCUT2D eigenvalue weighted by Crippen LogP contribution is -1.88. The number of anilines is 1. The molecule has 3 heteroatoms. The molecule has 1 aromatic heterocycles. The fourth-order valence-corrected chi connectivity index (χ4v) is 2.05. The predicted molar refractivity (Wildman–Crippen MR) is 61.3 cm³/mol. The molecular weight excluding hydrogens is 192 g/mol.